The Morgan fingerprint density at radius 1 is 1.40 bits per heavy atom. The van der Waals surface area contributed by atoms with Crippen LogP contribution in [0, 0.1) is 17.8 Å². The van der Waals surface area contributed by atoms with E-state index in [1.54, 1.807) is 7.11 Å². The predicted molar refractivity (Wildman–Crippen MR) is 81.6 cm³/mol. The van der Waals surface area contributed by atoms with Gasteiger partial charge in [0, 0.05) is 16.6 Å². The molecular weight excluding hydrogens is 320 g/mol. The molecule has 3 N–H and O–H groups in total. The normalized spacial score (nSPS) is 31.4. The van der Waals surface area contributed by atoms with Gasteiger partial charge in [0.05, 0.1) is 18.7 Å². The molecule has 2 aliphatic carbocycles. The van der Waals surface area contributed by atoms with Crippen LogP contribution in [0.15, 0.2) is 22.7 Å². The van der Waals surface area contributed by atoms with E-state index >= 15 is 0 Å². The molecule has 2 fully saturated rings. The third kappa shape index (κ3) is 2.33. The zero-order valence-electron chi connectivity index (χ0n) is 11.4. The number of carbonyl (C=O) groups excluding carboxylic acids is 1. The van der Waals surface area contributed by atoms with Crippen molar-refractivity contribution in [1.29, 1.82) is 0 Å². The molecule has 0 saturated heterocycles. The van der Waals surface area contributed by atoms with Gasteiger partial charge in [-0.25, -0.2) is 0 Å². The van der Waals surface area contributed by atoms with Crippen molar-refractivity contribution in [3.8, 4) is 5.75 Å². The Labute approximate surface area is 127 Å². The maximum Gasteiger partial charge on any atom is 0.229 e. The van der Waals surface area contributed by atoms with Gasteiger partial charge >= 0.3 is 0 Å². The van der Waals surface area contributed by atoms with Gasteiger partial charge in [-0.15, -0.1) is 0 Å². The second-order valence-corrected chi connectivity index (χ2v) is 6.63. The molecule has 5 heteroatoms. The summed E-state index contributed by atoms with van der Waals surface area (Å²) in [7, 11) is 1.61. The lowest BCUT2D eigenvalue weighted by molar-refractivity contribution is -0.121. The average Bonchev–Trinajstić information content (AvgIpc) is 3.01. The highest BCUT2D eigenvalue weighted by molar-refractivity contribution is 9.10. The van der Waals surface area contributed by atoms with Crippen molar-refractivity contribution in [2.24, 2.45) is 23.5 Å². The van der Waals surface area contributed by atoms with Gasteiger partial charge in [0.25, 0.3) is 0 Å². The van der Waals surface area contributed by atoms with Crippen LogP contribution in [0.1, 0.15) is 19.3 Å². The van der Waals surface area contributed by atoms with Crippen LogP contribution in [-0.4, -0.2) is 19.1 Å². The summed E-state index contributed by atoms with van der Waals surface area (Å²) < 4.78 is 6.04. The van der Waals surface area contributed by atoms with Gasteiger partial charge in [-0.2, -0.15) is 0 Å². The lowest BCUT2D eigenvalue weighted by Gasteiger charge is -2.27. The highest BCUT2D eigenvalue weighted by atomic mass is 79.9. The molecule has 1 aromatic carbocycles. The molecule has 1 amide bonds. The molecule has 3 rings (SSSR count). The zero-order chi connectivity index (χ0) is 14.3. The fourth-order valence-electron chi connectivity index (χ4n) is 3.67. The van der Waals surface area contributed by atoms with Crippen molar-refractivity contribution in [1.82, 2.24) is 0 Å². The molecule has 2 bridgehead atoms. The first kappa shape index (κ1) is 13.9. The number of nitrogens with one attached hydrogen (secondary N) is 1. The van der Waals surface area contributed by atoms with E-state index in [1.807, 2.05) is 18.2 Å². The maximum absolute atomic E-state index is 12.5. The van der Waals surface area contributed by atoms with Crippen LogP contribution in [0.2, 0.25) is 0 Å². The van der Waals surface area contributed by atoms with Crippen LogP contribution in [0.4, 0.5) is 5.69 Å². The molecule has 0 heterocycles. The van der Waals surface area contributed by atoms with Crippen molar-refractivity contribution in [2.45, 2.75) is 25.3 Å². The van der Waals surface area contributed by atoms with E-state index < -0.39 is 0 Å². The smallest absolute Gasteiger partial charge is 0.229 e. The molecule has 0 spiro atoms. The number of ether oxygens (including phenoxy) is 1. The first-order valence-corrected chi connectivity index (χ1v) is 7.79. The highest BCUT2D eigenvalue weighted by Crippen LogP contribution is 2.48. The third-order valence-electron chi connectivity index (χ3n) is 4.71. The maximum atomic E-state index is 12.5. The Balaban J connectivity index is 1.76. The van der Waals surface area contributed by atoms with Crippen LogP contribution in [0.3, 0.4) is 0 Å². The summed E-state index contributed by atoms with van der Waals surface area (Å²) in [6, 6.07) is 5.55. The summed E-state index contributed by atoms with van der Waals surface area (Å²) in [5.41, 5.74) is 6.96. The van der Waals surface area contributed by atoms with E-state index in [9.17, 15) is 4.79 Å². The summed E-state index contributed by atoms with van der Waals surface area (Å²) in [5, 5.41) is 3.00. The molecule has 0 aliphatic heterocycles. The summed E-state index contributed by atoms with van der Waals surface area (Å²) in [4.78, 5) is 12.5. The Morgan fingerprint density at radius 3 is 2.80 bits per heavy atom. The largest absolute Gasteiger partial charge is 0.497 e. The zero-order valence-corrected chi connectivity index (χ0v) is 13.0. The SMILES string of the molecule is COc1ccc(Br)c(NC(=O)C2C3CCC(C3)C2N)c1. The fourth-order valence-corrected chi connectivity index (χ4v) is 4.01. The molecule has 2 aliphatic rings. The van der Waals surface area contributed by atoms with Crippen LogP contribution in [-0.2, 0) is 4.79 Å². The van der Waals surface area contributed by atoms with Gasteiger partial charge in [0.1, 0.15) is 5.75 Å². The number of hydrogen-bond acceptors (Lipinski definition) is 3. The number of halogens is 1. The number of nitrogens with two attached hydrogens (primary N) is 1. The van der Waals surface area contributed by atoms with Gasteiger partial charge < -0.3 is 15.8 Å². The van der Waals surface area contributed by atoms with Crippen LogP contribution >= 0.6 is 15.9 Å². The highest BCUT2D eigenvalue weighted by Gasteiger charge is 2.49. The molecule has 2 saturated carbocycles. The Morgan fingerprint density at radius 2 is 2.15 bits per heavy atom. The number of benzene rings is 1. The van der Waals surface area contributed by atoms with Gasteiger partial charge in [-0.1, -0.05) is 0 Å². The lowest BCUT2D eigenvalue weighted by Crippen LogP contribution is -2.42. The minimum absolute atomic E-state index is 0.0122. The minimum Gasteiger partial charge on any atom is -0.497 e. The quantitative estimate of drug-likeness (QED) is 0.890. The summed E-state index contributed by atoms with van der Waals surface area (Å²) >= 11 is 3.45. The first-order chi connectivity index (χ1) is 9.60. The van der Waals surface area contributed by atoms with Crippen molar-refractivity contribution in [2.75, 3.05) is 12.4 Å². The monoisotopic (exact) mass is 338 g/mol. The van der Waals surface area contributed by atoms with E-state index in [-0.39, 0.29) is 17.9 Å². The van der Waals surface area contributed by atoms with Gasteiger partial charge in [-0.05, 0) is 59.2 Å². The molecular formula is C15H19BrN2O2. The standard InChI is InChI=1S/C15H19BrN2O2/c1-20-10-4-5-11(16)12(7-10)18-15(19)13-8-2-3-9(6-8)14(13)17/h4-5,7-9,13-14H,2-3,6,17H2,1H3,(H,18,19). The number of rotatable bonds is 3. The number of anilines is 1. The summed E-state index contributed by atoms with van der Waals surface area (Å²) in [6.45, 7) is 0. The number of hydrogen-bond donors (Lipinski definition) is 2. The van der Waals surface area contributed by atoms with E-state index in [2.05, 4.69) is 21.2 Å². The fraction of sp³-hybridized carbons (Fsp3) is 0.533. The number of carbonyl (C=O) groups is 1. The number of fused-ring (bicyclic) bond motifs is 2. The van der Waals surface area contributed by atoms with Crippen molar-refractivity contribution in [3.63, 3.8) is 0 Å². The molecule has 108 valence electrons. The predicted octanol–water partition coefficient (Wildman–Crippen LogP) is 2.77. The Kier molecular flexibility index (Phi) is 3.73. The van der Waals surface area contributed by atoms with Crippen LogP contribution in [0.25, 0.3) is 0 Å². The molecule has 4 unspecified atom stereocenters. The van der Waals surface area contributed by atoms with Crippen molar-refractivity contribution >= 4 is 27.5 Å². The van der Waals surface area contributed by atoms with Gasteiger partial charge in [-0.3, -0.25) is 4.79 Å². The van der Waals surface area contributed by atoms with Crippen molar-refractivity contribution in [3.05, 3.63) is 22.7 Å². The molecule has 20 heavy (non-hydrogen) atoms. The van der Waals surface area contributed by atoms with E-state index in [0.29, 0.717) is 11.8 Å². The molecule has 4 nitrogen and oxygen atoms in total. The lowest BCUT2D eigenvalue weighted by atomic mass is 9.84. The van der Waals surface area contributed by atoms with Gasteiger partial charge in [0.15, 0.2) is 0 Å². The molecule has 1 aromatic rings. The van der Waals surface area contributed by atoms with Crippen molar-refractivity contribution < 1.29 is 9.53 Å². The van der Waals surface area contributed by atoms with E-state index in [4.69, 9.17) is 10.5 Å². The number of amides is 1. The Bertz CT molecular complexity index is 533. The van der Waals surface area contributed by atoms with Gasteiger partial charge in [0.2, 0.25) is 5.91 Å². The molecule has 4 atom stereocenters. The molecule has 0 radical (unpaired) electrons. The van der Waals surface area contributed by atoms with Crippen LogP contribution < -0.4 is 15.8 Å². The summed E-state index contributed by atoms with van der Waals surface area (Å²) in [5.74, 6) is 1.70. The second-order valence-electron chi connectivity index (χ2n) is 5.77. The number of methoxy groups -OCH3 is 1. The Hall–Kier alpha value is -1.07. The first-order valence-electron chi connectivity index (χ1n) is 7.00. The van der Waals surface area contributed by atoms with Crippen LogP contribution in [0.5, 0.6) is 5.75 Å². The average molecular weight is 339 g/mol. The van der Waals surface area contributed by atoms with E-state index in [1.165, 1.54) is 6.42 Å². The molecule has 0 aromatic heterocycles. The topological polar surface area (TPSA) is 64.3 Å². The van der Waals surface area contributed by atoms with E-state index in [0.717, 1.165) is 28.8 Å². The third-order valence-corrected chi connectivity index (χ3v) is 5.41. The minimum atomic E-state index is -0.0492. The summed E-state index contributed by atoms with van der Waals surface area (Å²) in [6.07, 6.45) is 3.42. The second kappa shape index (κ2) is 5.37.